The van der Waals surface area contributed by atoms with Gasteiger partial charge in [-0.1, -0.05) is 61.0 Å². The minimum absolute atomic E-state index is 0.0748. The third kappa shape index (κ3) is 4.27. The Hall–Kier alpha value is -2.64. The second kappa shape index (κ2) is 9.02. The lowest BCUT2D eigenvalue weighted by Crippen LogP contribution is -2.41. The Kier molecular flexibility index (Phi) is 6.20. The first-order chi connectivity index (χ1) is 14.6. The lowest BCUT2D eigenvalue weighted by Gasteiger charge is -2.25. The number of halogens is 1. The predicted octanol–water partition coefficient (Wildman–Crippen LogP) is 4.15. The molecule has 2 aromatic rings. The highest BCUT2D eigenvalue weighted by Gasteiger charge is 2.40. The van der Waals surface area contributed by atoms with Crippen molar-refractivity contribution in [1.29, 1.82) is 0 Å². The van der Waals surface area contributed by atoms with Crippen LogP contribution < -0.4 is 5.32 Å². The lowest BCUT2D eigenvalue weighted by atomic mass is 10.1. The minimum atomic E-state index is -0.388. The first kappa shape index (κ1) is 20.6. The topological polar surface area (TPSA) is 74.1 Å². The lowest BCUT2D eigenvalue weighted by molar-refractivity contribution is -0.124. The summed E-state index contributed by atoms with van der Waals surface area (Å²) in [6, 6.07) is 14.6. The van der Waals surface area contributed by atoms with Crippen molar-refractivity contribution >= 4 is 51.9 Å². The zero-order valence-electron chi connectivity index (χ0n) is 16.5. The average molecular weight is 441 g/mol. The van der Waals surface area contributed by atoms with E-state index in [1.807, 2.05) is 43.3 Å². The van der Waals surface area contributed by atoms with E-state index < -0.39 is 0 Å². The van der Waals surface area contributed by atoms with Crippen LogP contribution in [-0.4, -0.2) is 39.5 Å². The highest BCUT2D eigenvalue weighted by molar-refractivity contribution is 8.14. The van der Waals surface area contributed by atoms with Gasteiger partial charge in [-0.15, -0.1) is 0 Å². The van der Waals surface area contributed by atoms with Crippen LogP contribution in [0.5, 0.6) is 0 Å². The number of amides is 2. The number of thioether (sulfide) groups is 1. The minimum Gasteiger partial charge on any atom is -0.351 e. The highest BCUT2D eigenvalue weighted by atomic mass is 35.5. The molecule has 1 N–H and O–H groups in total. The molecular weight excluding hydrogens is 420 g/mol. The quantitative estimate of drug-likeness (QED) is 0.733. The van der Waals surface area contributed by atoms with Gasteiger partial charge in [-0.25, -0.2) is 9.89 Å². The molecule has 30 heavy (non-hydrogen) atoms. The Labute approximate surface area is 184 Å². The smallest absolute Gasteiger partial charge is 0.259 e. The Morgan fingerprint density at radius 2 is 1.97 bits per heavy atom. The summed E-state index contributed by atoms with van der Waals surface area (Å²) in [7, 11) is 0. The fraction of sp³-hybridized carbons (Fsp3) is 0.273. The van der Waals surface area contributed by atoms with Crippen molar-refractivity contribution in [3.63, 3.8) is 0 Å². The van der Waals surface area contributed by atoms with Gasteiger partial charge in [0.05, 0.1) is 11.4 Å². The number of aliphatic imine (C=N–C) groups is 2. The van der Waals surface area contributed by atoms with Crippen molar-refractivity contribution in [3.8, 4) is 0 Å². The Morgan fingerprint density at radius 3 is 2.73 bits per heavy atom. The Morgan fingerprint density at radius 1 is 1.20 bits per heavy atom. The maximum absolute atomic E-state index is 12.9. The summed E-state index contributed by atoms with van der Waals surface area (Å²) in [6.45, 7) is 2.45. The van der Waals surface area contributed by atoms with E-state index in [4.69, 9.17) is 11.6 Å². The van der Waals surface area contributed by atoms with Crippen LogP contribution in [0.25, 0.3) is 0 Å². The fourth-order valence-electron chi connectivity index (χ4n) is 3.34. The number of carbonyl (C=O) groups excluding carboxylic acids is 2. The molecule has 6 nitrogen and oxygen atoms in total. The van der Waals surface area contributed by atoms with Crippen LogP contribution in [0.1, 0.15) is 30.9 Å². The molecule has 0 saturated carbocycles. The number of nitrogens with zero attached hydrogens (tertiary/aromatic N) is 3. The van der Waals surface area contributed by atoms with Crippen molar-refractivity contribution in [2.24, 2.45) is 9.98 Å². The molecule has 0 spiro atoms. The van der Waals surface area contributed by atoms with Crippen molar-refractivity contribution in [1.82, 2.24) is 10.2 Å². The van der Waals surface area contributed by atoms with Crippen molar-refractivity contribution < 1.29 is 9.59 Å². The second-order valence-corrected chi connectivity index (χ2v) is 8.41. The molecule has 0 aliphatic carbocycles. The number of hydrogen-bond acceptors (Lipinski definition) is 5. The number of amidine groups is 2. The SMILES string of the molecule is CCCC1N=C2c3ccccc3N=C(SCC(=O)NCc3ccc(Cl)cc3)N2C1=O. The predicted molar refractivity (Wildman–Crippen MR) is 121 cm³/mol. The van der Waals surface area contributed by atoms with Crippen LogP contribution in [0.4, 0.5) is 5.69 Å². The summed E-state index contributed by atoms with van der Waals surface area (Å²) in [4.78, 5) is 36.2. The van der Waals surface area contributed by atoms with Crippen LogP contribution in [0.2, 0.25) is 5.02 Å². The molecule has 0 bridgehead atoms. The maximum Gasteiger partial charge on any atom is 0.259 e. The largest absolute Gasteiger partial charge is 0.351 e. The van der Waals surface area contributed by atoms with E-state index in [9.17, 15) is 9.59 Å². The molecule has 0 fully saturated rings. The molecule has 2 heterocycles. The van der Waals surface area contributed by atoms with Gasteiger partial charge in [0, 0.05) is 17.1 Å². The molecule has 2 aliphatic heterocycles. The number of benzene rings is 2. The molecule has 154 valence electrons. The summed E-state index contributed by atoms with van der Waals surface area (Å²) in [5, 5.41) is 4.04. The summed E-state index contributed by atoms with van der Waals surface area (Å²) < 4.78 is 0. The first-order valence-corrected chi connectivity index (χ1v) is 11.2. The van der Waals surface area contributed by atoms with E-state index in [2.05, 4.69) is 15.3 Å². The van der Waals surface area contributed by atoms with Crippen LogP contribution in [0.3, 0.4) is 0 Å². The van der Waals surface area contributed by atoms with Gasteiger partial charge in [-0.2, -0.15) is 0 Å². The molecule has 0 aromatic heterocycles. The van der Waals surface area contributed by atoms with Crippen molar-refractivity contribution in [3.05, 3.63) is 64.7 Å². The zero-order chi connectivity index (χ0) is 21.1. The van der Waals surface area contributed by atoms with E-state index in [0.717, 1.165) is 23.2 Å². The molecule has 2 amide bonds. The average Bonchev–Trinajstić information content (AvgIpc) is 3.08. The van der Waals surface area contributed by atoms with Gasteiger partial charge in [-0.05, 0) is 36.2 Å². The molecule has 4 rings (SSSR count). The molecule has 2 aromatic carbocycles. The molecule has 1 unspecified atom stereocenters. The Balaban J connectivity index is 1.46. The zero-order valence-corrected chi connectivity index (χ0v) is 18.0. The van der Waals surface area contributed by atoms with Gasteiger partial charge < -0.3 is 5.32 Å². The van der Waals surface area contributed by atoms with Crippen LogP contribution in [0, 0.1) is 0 Å². The van der Waals surface area contributed by atoms with Gasteiger partial charge in [0.2, 0.25) is 5.91 Å². The van der Waals surface area contributed by atoms with E-state index >= 15 is 0 Å². The van der Waals surface area contributed by atoms with Crippen LogP contribution in [0.15, 0.2) is 58.5 Å². The molecular formula is C22H21ClN4O2S. The van der Waals surface area contributed by atoms with Crippen LogP contribution in [-0.2, 0) is 16.1 Å². The monoisotopic (exact) mass is 440 g/mol. The highest BCUT2D eigenvalue weighted by Crippen LogP contribution is 2.34. The molecule has 1 atom stereocenters. The fourth-order valence-corrected chi connectivity index (χ4v) is 4.30. The van der Waals surface area contributed by atoms with E-state index in [1.54, 1.807) is 17.0 Å². The van der Waals surface area contributed by atoms with Gasteiger partial charge >= 0.3 is 0 Å². The number of para-hydroxylation sites is 1. The van der Waals surface area contributed by atoms with E-state index in [0.29, 0.717) is 29.0 Å². The molecule has 0 saturated heterocycles. The Bertz CT molecular complexity index is 1040. The van der Waals surface area contributed by atoms with Crippen molar-refractivity contribution in [2.75, 3.05) is 5.75 Å². The standard InChI is InChI=1S/C22H21ClN4O2S/c1-2-5-18-21(29)27-20(25-18)16-6-3-4-7-17(16)26-22(27)30-13-19(28)24-12-14-8-10-15(23)11-9-14/h3-4,6-11,18H,2,5,12-13H2,1H3,(H,24,28). The number of hydrogen-bond donors (Lipinski definition) is 1. The van der Waals surface area contributed by atoms with Gasteiger partial charge in [-0.3, -0.25) is 14.6 Å². The first-order valence-electron chi connectivity index (χ1n) is 9.80. The number of rotatable bonds is 6. The normalized spacial score (nSPS) is 17.2. The van der Waals surface area contributed by atoms with Gasteiger partial charge in [0.25, 0.3) is 5.91 Å². The third-order valence-electron chi connectivity index (χ3n) is 4.85. The number of fused-ring (bicyclic) bond motifs is 3. The molecule has 8 heteroatoms. The molecule has 0 radical (unpaired) electrons. The summed E-state index contributed by atoms with van der Waals surface area (Å²) in [6.07, 6.45) is 1.57. The second-order valence-electron chi connectivity index (χ2n) is 7.03. The summed E-state index contributed by atoms with van der Waals surface area (Å²) in [5.74, 6) is 0.582. The van der Waals surface area contributed by atoms with Gasteiger partial charge in [0.1, 0.15) is 11.9 Å². The van der Waals surface area contributed by atoms with Gasteiger partial charge in [0.15, 0.2) is 5.17 Å². The van der Waals surface area contributed by atoms with Crippen molar-refractivity contribution in [2.45, 2.75) is 32.4 Å². The summed E-state index contributed by atoms with van der Waals surface area (Å²) >= 11 is 7.13. The number of nitrogens with one attached hydrogen (secondary N) is 1. The third-order valence-corrected chi connectivity index (χ3v) is 6.04. The molecule has 2 aliphatic rings. The summed E-state index contributed by atoms with van der Waals surface area (Å²) in [5.41, 5.74) is 2.58. The van der Waals surface area contributed by atoms with E-state index in [1.165, 1.54) is 11.8 Å². The van der Waals surface area contributed by atoms with E-state index in [-0.39, 0.29) is 23.6 Å². The number of carbonyl (C=O) groups is 2. The maximum atomic E-state index is 12.9. The van der Waals surface area contributed by atoms with Crippen LogP contribution >= 0.6 is 23.4 Å².